The second-order valence-corrected chi connectivity index (χ2v) is 5.56. The largest absolute Gasteiger partial charge is 0.380 e. The molecule has 0 bridgehead atoms. The minimum Gasteiger partial charge on any atom is -0.380 e. The molecule has 0 unspecified atom stereocenters. The Bertz CT molecular complexity index is 669. The lowest BCUT2D eigenvalue weighted by molar-refractivity contribution is -0.122. The molecular formula is C16H21N3O4. The quantitative estimate of drug-likeness (QED) is 0.822. The van der Waals surface area contributed by atoms with Crippen molar-refractivity contribution in [2.75, 3.05) is 20.3 Å². The van der Waals surface area contributed by atoms with Gasteiger partial charge in [0.05, 0.1) is 12.7 Å². The molecule has 124 valence electrons. The van der Waals surface area contributed by atoms with Crippen molar-refractivity contribution in [1.82, 2.24) is 9.88 Å². The fourth-order valence-corrected chi connectivity index (χ4v) is 2.65. The normalized spacial score (nSPS) is 17.0. The molecule has 7 nitrogen and oxygen atoms in total. The molecule has 0 aromatic carbocycles. The van der Waals surface area contributed by atoms with Gasteiger partial charge in [-0.05, 0) is 25.8 Å². The lowest BCUT2D eigenvalue weighted by Crippen LogP contribution is -2.38. The molecule has 23 heavy (non-hydrogen) atoms. The van der Waals surface area contributed by atoms with Crippen LogP contribution >= 0.6 is 0 Å². The molecule has 1 amide bonds. The van der Waals surface area contributed by atoms with Gasteiger partial charge in [-0.15, -0.1) is 0 Å². The van der Waals surface area contributed by atoms with E-state index in [4.69, 9.17) is 9.47 Å². The number of pyridine rings is 1. The Balaban J connectivity index is 2.11. The summed E-state index contributed by atoms with van der Waals surface area (Å²) in [5, 5.41) is 12.0. The van der Waals surface area contributed by atoms with Crippen molar-refractivity contribution in [3.63, 3.8) is 0 Å². The molecule has 1 saturated heterocycles. The van der Waals surface area contributed by atoms with Crippen molar-refractivity contribution in [3.05, 3.63) is 33.2 Å². The summed E-state index contributed by atoms with van der Waals surface area (Å²) >= 11 is 0. The summed E-state index contributed by atoms with van der Waals surface area (Å²) in [5.41, 5.74) is 0.707. The van der Waals surface area contributed by atoms with Crippen LogP contribution in [0.5, 0.6) is 0 Å². The Labute approximate surface area is 134 Å². The van der Waals surface area contributed by atoms with Gasteiger partial charge in [0, 0.05) is 31.5 Å². The highest BCUT2D eigenvalue weighted by Crippen LogP contribution is 2.11. The first-order valence-corrected chi connectivity index (χ1v) is 7.57. The fraction of sp³-hybridized carbons (Fsp3) is 0.562. The molecule has 2 rings (SSSR count). The first-order valence-electron chi connectivity index (χ1n) is 7.57. The van der Waals surface area contributed by atoms with E-state index in [2.05, 4.69) is 5.32 Å². The van der Waals surface area contributed by atoms with Gasteiger partial charge in [0.15, 0.2) is 0 Å². The summed E-state index contributed by atoms with van der Waals surface area (Å²) in [4.78, 5) is 24.4. The van der Waals surface area contributed by atoms with Crippen molar-refractivity contribution in [3.8, 4) is 6.07 Å². The molecular weight excluding hydrogens is 298 g/mol. The second kappa shape index (κ2) is 7.90. The molecule has 1 aliphatic rings. The molecule has 2 heterocycles. The highest BCUT2D eigenvalue weighted by atomic mass is 16.5. The third-order valence-electron chi connectivity index (χ3n) is 3.85. The van der Waals surface area contributed by atoms with Crippen molar-refractivity contribution in [2.45, 2.75) is 39.0 Å². The number of ether oxygens (including phenoxy) is 2. The maximum absolute atomic E-state index is 12.4. The molecule has 0 aliphatic carbocycles. The van der Waals surface area contributed by atoms with Crippen LogP contribution in [0.15, 0.2) is 10.9 Å². The summed E-state index contributed by atoms with van der Waals surface area (Å²) in [6.45, 7) is 2.98. The zero-order valence-corrected chi connectivity index (χ0v) is 13.4. The van der Waals surface area contributed by atoms with Gasteiger partial charge in [0.1, 0.15) is 18.2 Å². The molecule has 7 heteroatoms. The van der Waals surface area contributed by atoms with Gasteiger partial charge in [-0.2, -0.15) is 5.26 Å². The van der Waals surface area contributed by atoms with Crippen LogP contribution < -0.4 is 10.9 Å². The lowest BCUT2D eigenvalue weighted by Gasteiger charge is -2.14. The number of hydrogen-bond donors (Lipinski definition) is 1. The van der Waals surface area contributed by atoms with E-state index in [-0.39, 0.29) is 30.7 Å². The molecule has 1 aromatic rings. The van der Waals surface area contributed by atoms with Crippen LogP contribution in [-0.2, 0) is 27.4 Å². The average molecular weight is 319 g/mol. The Morgan fingerprint density at radius 3 is 3.00 bits per heavy atom. The number of nitrogens with one attached hydrogen (secondary N) is 1. The van der Waals surface area contributed by atoms with E-state index < -0.39 is 5.56 Å². The highest BCUT2D eigenvalue weighted by Gasteiger charge is 2.18. The van der Waals surface area contributed by atoms with E-state index in [0.717, 1.165) is 19.4 Å². The summed E-state index contributed by atoms with van der Waals surface area (Å²) < 4.78 is 11.8. The van der Waals surface area contributed by atoms with Crippen LogP contribution in [0.3, 0.4) is 0 Å². The van der Waals surface area contributed by atoms with Crippen LogP contribution in [0.25, 0.3) is 0 Å². The molecule has 1 fully saturated rings. The molecule has 0 spiro atoms. The third-order valence-corrected chi connectivity index (χ3v) is 3.85. The van der Waals surface area contributed by atoms with E-state index in [1.54, 1.807) is 13.0 Å². The predicted octanol–water partition coefficient (Wildman–Crippen LogP) is 0.470. The number of aryl methyl sites for hydroxylation is 1. The standard InChI is InChI=1S/C16H21N3O4/c1-11-6-12(10-22-2)14(7-17)16(21)19(11)9-15(20)18-8-13-4-3-5-23-13/h6,13H,3-5,8-10H2,1-2H3,(H,18,20)/t13-/m1/s1. The summed E-state index contributed by atoms with van der Waals surface area (Å²) in [6.07, 6.45) is 1.99. The Kier molecular flexibility index (Phi) is 5.90. The molecule has 1 aliphatic heterocycles. The van der Waals surface area contributed by atoms with Gasteiger partial charge < -0.3 is 19.4 Å². The fourth-order valence-electron chi connectivity index (χ4n) is 2.65. The number of hydrogen-bond acceptors (Lipinski definition) is 5. The van der Waals surface area contributed by atoms with Gasteiger partial charge in [-0.3, -0.25) is 9.59 Å². The summed E-state index contributed by atoms with van der Waals surface area (Å²) in [7, 11) is 1.50. The van der Waals surface area contributed by atoms with E-state index >= 15 is 0 Å². The molecule has 1 N–H and O–H groups in total. The van der Waals surface area contributed by atoms with Gasteiger partial charge in [-0.25, -0.2) is 0 Å². The topological polar surface area (TPSA) is 93.3 Å². The SMILES string of the molecule is COCc1cc(C)n(CC(=O)NC[C@H]2CCCO2)c(=O)c1C#N. The summed E-state index contributed by atoms with van der Waals surface area (Å²) in [5.74, 6) is -0.269. The van der Waals surface area contributed by atoms with Gasteiger partial charge in [-0.1, -0.05) is 0 Å². The number of amides is 1. The zero-order chi connectivity index (χ0) is 16.8. The Morgan fingerprint density at radius 1 is 1.61 bits per heavy atom. The number of rotatable bonds is 6. The molecule has 1 aromatic heterocycles. The second-order valence-electron chi connectivity index (χ2n) is 5.56. The van der Waals surface area contributed by atoms with Gasteiger partial charge in [0.2, 0.25) is 5.91 Å². The smallest absolute Gasteiger partial charge is 0.269 e. The number of methoxy groups -OCH3 is 1. The van der Waals surface area contributed by atoms with Crippen LogP contribution in [0, 0.1) is 18.3 Å². The van der Waals surface area contributed by atoms with Gasteiger partial charge in [0.25, 0.3) is 5.56 Å². The number of aromatic nitrogens is 1. The van der Waals surface area contributed by atoms with Crippen molar-refractivity contribution in [1.29, 1.82) is 5.26 Å². The number of nitrogens with zero attached hydrogens (tertiary/aromatic N) is 2. The number of carbonyl (C=O) groups is 1. The monoisotopic (exact) mass is 319 g/mol. The van der Waals surface area contributed by atoms with Crippen LogP contribution in [-0.4, -0.2) is 36.8 Å². The summed E-state index contributed by atoms with van der Waals surface area (Å²) in [6, 6.07) is 3.61. The van der Waals surface area contributed by atoms with Crippen molar-refractivity contribution >= 4 is 5.91 Å². The van der Waals surface area contributed by atoms with E-state index in [9.17, 15) is 14.9 Å². The maximum atomic E-state index is 12.4. The molecule has 0 radical (unpaired) electrons. The van der Waals surface area contributed by atoms with E-state index in [1.165, 1.54) is 11.7 Å². The predicted molar refractivity (Wildman–Crippen MR) is 82.9 cm³/mol. The Hall–Kier alpha value is -2.17. The minimum absolute atomic E-state index is 0.0179. The van der Waals surface area contributed by atoms with Gasteiger partial charge >= 0.3 is 0 Å². The molecule has 0 saturated carbocycles. The minimum atomic E-state index is -0.466. The van der Waals surface area contributed by atoms with Crippen LogP contribution in [0.1, 0.15) is 29.7 Å². The van der Waals surface area contributed by atoms with Crippen molar-refractivity contribution < 1.29 is 14.3 Å². The Morgan fingerprint density at radius 2 is 2.39 bits per heavy atom. The zero-order valence-electron chi connectivity index (χ0n) is 13.4. The van der Waals surface area contributed by atoms with E-state index in [0.29, 0.717) is 17.8 Å². The highest BCUT2D eigenvalue weighted by molar-refractivity contribution is 5.75. The number of carbonyl (C=O) groups excluding carboxylic acids is 1. The van der Waals surface area contributed by atoms with Crippen molar-refractivity contribution in [2.24, 2.45) is 0 Å². The molecule has 1 atom stereocenters. The first kappa shape index (κ1) is 17.2. The number of nitriles is 1. The average Bonchev–Trinajstić information content (AvgIpc) is 3.03. The lowest BCUT2D eigenvalue weighted by atomic mass is 10.1. The first-order chi connectivity index (χ1) is 11.1. The van der Waals surface area contributed by atoms with E-state index in [1.807, 2.05) is 6.07 Å². The van der Waals surface area contributed by atoms with Crippen LogP contribution in [0.2, 0.25) is 0 Å². The maximum Gasteiger partial charge on any atom is 0.269 e. The van der Waals surface area contributed by atoms with Crippen LogP contribution in [0.4, 0.5) is 0 Å². The third kappa shape index (κ3) is 4.18.